The SMILES string of the molecule is CCOc1cc(/C=C2\SC(=O)N(Cc3ccc(F)cc3Cl)C2=O)cc(I)c1OCC(=O)Nc1ccccc1. The summed E-state index contributed by atoms with van der Waals surface area (Å²) in [6.45, 7) is 1.87. The number of thioether (sulfide) groups is 1. The Morgan fingerprint density at radius 3 is 2.61 bits per heavy atom. The average Bonchev–Trinajstić information content (AvgIpc) is 3.13. The van der Waals surface area contributed by atoms with E-state index in [9.17, 15) is 18.8 Å². The number of ether oxygens (including phenoxy) is 2. The first-order valence-electron chi connectivity index (χ1n) is 11.4. The number of nitrogens with zero attached hydrogens (tertiary/aromatic N) is 1. The topological polar surface area (TPSA) is 84.9 Å². The number of benzene rings is 3. The third-order valence-electron chi connectivity index (χ3n) is 5.25. The van der Waals surface area contributed by atoms with Crippen molar-refractivity contribution in [2.45, 2.75) is 13.5 Å². The Morgan fingerprint density at radius 1 is 1.13 bits per heavy atom. The monoisotopic (exact) mass is 666 g/mol. The zero-order valence-electron chi connectivity index (χ0n) is 20.0. The molecule has 3 amide bonds. The van der Waals surface area contributed by atoms with Gasteiger partial charge < -0.3 is 14.8 Å². The van der Waals surface area contributed by atoms with Gasteiger partial charge in [0.1, 0.15) is 5.82 Å². The minimum atomic E-state index is -0.503. The van der Waals surface area contributed by atoms with Gasteiger partial charge >= 0.3 is 0 Å². The van der Waals surface area contributed by atoms with Gasteiger partial charge in [-0.2, -0.15) is 0 Å². The summed E-state index contributed by atoms with van der Waals surface area (Å²) in [5, 5.41) is 2.44. The Bertz CT molecular complexity index is 1420. The molecule has 3 aromatic rings. The molecule has 0 aliphatic carbocycles. The van der Waals surface area contributed by atoms with Crippen LogP contribution < -0.4 is 14.8 Å². The zero-order valence-corrected chi connectivity index (χ0v) is 23.7. The molecule has 0 spiro atoms. The van der Waals surface area contributed by atoms with E-state index in [1.807, 2.05) is 25.1 Å². The van der Waals surface area contributed by atoms with Crippen molar-refractivity contribution >= 4 is 74.8 Å². The number of hydrogen-bond acceptors (Lipinski definition) is 6. The molecule has 0 aromatic heterocycles. The predicted molar refractivity (Wildman–Crippen MR) is 154 cm³/mol. The van der Waals surface area contributed by atoms with Crippen LogP contribution in [0.5, 0.6) is 11.5 Å². The van der Waals surface area contributed by atoms with Crippen molar-refractivity contribution in [3.05, 3.63) is 91.1 Å². The van der Waals surface area contributed by atoms with Gasteiger partial charge in [0.2, 0.25) is 0 Å². The summed E-state index contributed by atoms with van der Waals surface area (Å²) >= 11 is 8.94. The molecule has 1 aliphatic heterocycles. The van der Waals surface area contributed by atoms with E-state index >= 15 is 0 Å². The molecule has 0 radical (unpaired) electrons. The largest absolute Gasteiger partial charge is 0.490 e. The lowest BCUT2D eigenvalue weighted by Crippen LogP contribution is -2.27. The minimum absolute atomic E-state index is 0.0688. The van der Waals surface area contributed by atoms with Crippen molar-refractivity contribution in [1.29, 1.82) is 0 Å². The van der Waals surface area contributed by atoms with Gasteiger partial charge in [0.25, 0.3) is 17.1 Å². The van der Waals surface area contributed by atoms with E-state index < -0.39 is 17.0 Å². The van der Waals surface area contributed by atoms with Crippen molar-refractivity contribution in [2.24, 2.45) is 0 Å². The van der Waals surface area contributed by atoms with Gasteiger partial charge in [0, 0.05) is 10.7 Å². The Kier molecular flexibility index (Phi) is 9.29. The standard InChI is InChI=1S/C27H21ClFIN2O5S/c1-2-36-22-11-16(10-21(30)25(22)37-15-24(33)31-19-6-4-3-5-7-19)12-23-26(34)32(27(35)38-23)14-17-8-9-18(29)13-20(17)28/h3-13H,2,14-15H2,1H3,(H,31,33)/b23-12-. The summed E-state index contributed by atoms with van der Waals surface area (Å²) in [5.41, 5.74) is 1.73. The van der Waals surface area contributed by atoms with Crippen LogP contribution in [-0.2, 0) is 16.1 Å². The molecule has 4 rings (SSSR count). The average molecular weight is 667 g/mol. The summed E-state index contributed by atoms with van der Waals surface area (Å²) in [4.78, 5) is 39.2. The molecule has 0 saturated carbocycles. The second-order valence-corrected chi connectivity index (χ2v) is 10.5. The number of imide groups is 1. The lowest BCUT2D eigenvalue weighted by atomic mass is 10.1. The first kappa shape index (κ1) is 27.9. The molecule has 1 saturated heterocycles. The third-order valence-corrected chi connectivity index (χ3v) is 7.31. The Labute approximate surface area is 241 Å². The van der Waals surface area contributed by atoms with E-state index in [-0.39, 0.29) is 29.0 Å². The van der Waals surface area contributed by atoms with Crippen molar-refractivity contribution < 1.29 is 28.2 Å². The van der Waals surface area contributed by atoms with Crippen LogP contribution in [0.4, 0.5) is 14.9 Å². The van der Waals surface area contributed by atoms with Crippen molar-refractivity contribution in [3.63, 3.8) is 0 Å². The van der Waals surface area contributed by atoms with Gasteiger partial charge in [-0.05, 0) is 94.9 Å². The quantitative estimate of drug-likeness (QED) is 0.201. The maximum atomic E-state index is 13.4. The number of carbonyl (C=O) groups excluding carboxylic acids is 3. The maximum Gasteiger partial charge on any atom is 0.293 e. The summed E-state index contributed by atoms with van der Waals surface area (Å²) < 4.78 is 25.5. The number of rotatable bonds is 9. The molecule has 0 atom stereocenters. The van der Waals surface area contributed by atoms with Crippen LogP contribution in [-0.4, -0.2) is 35.2 Å². The lowest BCUT2D eigenvalue weighted by molar-refractivity contribution is -0.123. The first-order valence-corrected chi connectivity index (χ1v) is 13.7. The molecule has 1 heterocycles. The molecular formula is C27H21ClFIN2O5S. The molecule has 38 heavy (non-hydrogen) atoms. The number of para-hydroxylation sites is 1. The number of carbonyl (C=O) groups is 3. The number of anilines is 1. The third kappa shape index (κ3) is 6.86. The fraction of sp³-hybridized carbons (Fsp3) is 0.148. The Balaban J connectivity index is 1.50. The molecule has 0 unspecified atom stereocenters. The molecule has 196 valence electrons. The molecule has 1 N–H and O–H groups in total. The summed E-state index contributed by atoms with van der Waals surface area (Å²) in [6, 6.07) is 16.3. The second-order valence-electron chi connectivity index (χ2n) is 7.97. The van der Waals surface area contributed by atoms with Crippen molar-refractivity contribution in [1.82, 2.24) is 4.90 Å². The predicted octanol–water partition coefficient (Wildman–Crippen LogP) is 6.74. The summed E-state index contributed by atoms with van der Waals surface area (Å²) in [5.74, 6) is -0.515. The summed E-state index contributed by atoms with van der Waals surface area (Å²) in [7, 11) is 0. The van der Waals surface area contributed by atoms with E-state index in [1.54, 1.807) is 30.3 Å². The van der Waals surface area contributed by atoms with Gasteiger partial charge in [0.05, 0.1) is 21.6 Å². The van der Waals surface area contributed by atoms with Crippen LogP contribution in [0.15, 0.2) is 65.6 Å². The van der Waals surface area contributed by atoms with E-state index in [0.29, 0.717) is 38.5 Å². The van der Waals surface area contributed by atoms with Crippen LogP contribution in [0.3, 0.4) is 0 Å². The smallest absolute Gasteiger partial charge is 0.293 e. The van der Waals surface area contributed by atoms with Gasteiger partial charge in [-0.1, -0.05) is 35.9 Å². The lowest BCUT2D eigenvalue weighted by Gasteiger charge is -2.15. The number of halogens is 3. The molecule has 7 nitrogen and oxygen atoms in total. The highest BCUT2D eigenvalue weighted by Crippen LogP contribution is 2.38. The molecule has 3 aromatic carbocycles. The van der Waals surface area contributed by atoms with Crippen LogP contribution in [0, 0.1) is 9.39 Å². The van der Waals surface area contributed by atoms with E-state index in [0.717, 1.165) is 22.7 Å². The van der Waals surface area contributed by atoms with Crippen LogP contribution in [0.25, 0.3) is 6.08 Å². The maximum absolute atomic E-state index is 13.4. The summed E-state index contributed by atoms with van der Waals surface area (Å²) in [6.07, 6.45) is 1.59. The normalized spacial score (nSPS) is 14.2. The molecule has 11 heteroatoms. The Hall–Kier alpha value is -3.09. The van der Waals surface area contributed by atoms with Gasteiger partial charge in [-0.25, -0.2) is 4.39 Å². The Morgan fingerprint density at radius 2 is 1.89 bits per heavy atom. The molecule has 1 fully saturated rings. The number of hydrogen-bond donors (Lipinski definition) is 1. The van der Waals surface area contributed by atoms with E-state index in [4.69, 9.17) is 21.1 Å². The van der Waals surface area contributed by atoms with Gasteiger partial charge in [-0.15, -0.1) is 0 Å². The van der Waals surface area contributed by atoms with Gasteiger partial charge in [-0.3, -0.25) is 19.3 Å². The van der Waals surface area contributed by atoms with Crippen molar-refractivity contribution in [3.8, 4) is 11.5 Å². The van der Waals surface area contributed by atoms with Crippen LogP contribution in [0.2, 0.25) is 5.02 Å². The number of nitrogens with one attached hydrogen (secondary N) is 1. The fourth-order valence-electron chi connectivity index (χ4n) is 3.54. The second kappa shape index (κ2) is 12.6. The fourth-order valence-corrected chi connectivity index (χ4v) is 5.38. The van der Waals surface area contributed by atoms with Crippen LogP contribution in [0.1, 0.15) is 18.1 Å². The first-order chi connectivity index (χ1) is 18.2. The highest BCUT2D eigenvalue weighted by atomic mass is 127. The zero-order chi connectivity index (χ0) is 27.2. The minimum Gasteiger partial charge on any atom is -0.490 e. The van der Waals surface area contributed by atoms with Crippen LogP contribution >= 0.6 is 46.0 Å². The van der Waals surface area contributed by atoms with Crippen molar-refractivity contribution in [2.75, 3.05) is 18.5 Å². The highest BCUT2D eigenvalue weighted by Gasteiger charge is 2.35. The molecule has 0 bridgehead atoms. The van der Waals surface area contributed by atoms with Gasteiger partial charge in [0.15, 0.2) is 18.1 Å². The number of amides is 3. The molecule has 1 aliphatic rings. The molecular weight excluding hydrogens is 646 g/mol. The van der Waals surface area contributed by atoms with E-state index in [2.05, 4.69) is 27.9 Å². The highest BCUT2D eigenvalue weighted by molar-refractivity contribution is 14.1. The van der Waals surface area contributed by atoms with E-state index in [1.165, 1.54) is 12.1 Å².